The fourth-order valence-electron chi connectivity index (χ4n) is 1.95. The molecule has 2 heterocycles. The quantitative estimate of drug-likeness (QED) is 0.909. The van der Waals surface area contributed by atoms with Gasteiger partial charge in [0, 0.05) is 29.0 Å². The molecule has 96 valence electrons. The maximum absolute atomic E-state index is 4.69. The van der Waals surface area contributed by atoms with Crippen molar-refractivity contribution in [3.05, 3.63) is 27.7 Å². The summed E-state index contributed by atoms with van der Waals surface area (Å²) in [6, 6.07) is 2.14. The summed E-state index contributed by atoms with van der Waals surface area (Å²) in [5, 5.41) is 5.44. The Bertz CT molecular complexity index is 546. The molecular formula is C14H19N3S. The summed E-state index contributed by atoms with van der Waals surface area (Å²) >= 11 is 1.76. The Hall–Kier alpha value is -1.42. The average Bonchev–Trinajstić information content (AvgIpc) is 2.78. The molecule has 0 unspecified atom stereocenters. The van der Waals surface area contributed by atoms with Crippen LogP contribution in [0.2, 0.25) is 0 Å². The SMILES string of the molecule is CCNc1nc(CC)nc(-c2ccsc2C)c1C. The van der Waals surface area contributed by atoms with Crippen LogP contribution in [0.1, 0.15) is 30.1 Å². The van der Waals surface area contributed by atoms with E-state index < -0.39 is 0 Å². The zero-order valence-electron chi connectivity index (χ0n) is 11.4. The van der Waals surface area contributed by atoms with E-state index in [9.17, 15) is 0 Å². The van der Waals surface area contributed by atoms with Gasteiger partial charge in [-0.1, -0.05) is 6.92 Å². The Balaban J connectivity index is 2.59. The van der Waals surface area contributed by atoms with Crippen LogP contribution in [0, 0.1) is 13.8 Å². The van der Waals surface area contributed by atoms with Gasteiger partial charge in [0.2, 0.25) is 0 Å². The second-order valence-electron chi connectivity index (χ2n) is 4.24. The molecule has 2 rings (SSSR count). The van der Waals surface area contributed by atoms with Crippen molar-refractivity contribution in [2.24, 2.45) is 0 Å². The Morgan fingerprint density at radius 2 is 2.00 bits per heavy atom. The van der Waals surface area contributed by atoms with E-state index in [1.807, 2.05) is 0 Å². The number of aromatic nitrogens is 2. The van der Waals surface area contributed by atoms with E-state index >= 15 is 0 Å². The molecule has 0 aromatic carbocycles. The third-order valence-electron chi connectivity index (χ3n) is 2.97. The van der Waals surface area contributed by atoms with E-state index in [0.717, 1.165) is 35.9 Å². The van der Waals surface area contributed by atoms with Gasteiger partial charge in [-0.05, 0) is 32.2 Å². The lowest BCUT2D eigenvalue weighted by Crippen LogP contribution is -2.07. The fraction of sp³-hybridized carbons (Fsp3) is 0.429. The van der Waals surface area contributed by atoms with Gasteiger partial charge in [0.1, 0.15) is 11.6 Å². The van der Waals surface area contributed by atoms with E-state index in [0.29, 0.717) is 0 Å². The van der Waals surface area contributed by atoms with Crippen LogP contribution in [0.4, 0.5) is 5.82 Å². The molecule has 2 aromatic rings. The van der Waals surface area contributed by atoms with Gasteiger partial charge in [-0.25, -0.2) is 9.97 Å². The molecule has 0 aliphatic heterocycles. The lowest BCUT2D eigenvalue weighted by Gasteiger charge is -2.12. The topological polar surface area (TPSA) is 37.8 Å². The third-order valence-corrected chi connectivity index (χ3v) is 3.81. The molecule has 0 aliphatic carbocycles. The summed E-state index contributed by atoms with van der Waals surface area (Å²) in [5.74, 6) is 1.86. The highest BCUT2D eigenvalue weighted by Gasteiger charge is 2.13. The van der Waals surface area contributed by atoms with E-state index in [-0.39, 0.29) is 0 Å². The van der Waals surface area contributed by atoms with E-state index in [1.54, 1.807) is 11.3 Å². The van der Waals surface area contributed by atoms with Gasteiger partial charge in [-0.15, -0.1) is 11.3 Å². The summed E-state index contributed by atoms with van der Waals surface area (Å²) in [6.07, 6.45) is 0.856. The maximum atomic E-state index is 4.69. The Labute approximate surface area is 112 Å². The van der Waals surface area contributed by atoms with Gasteiger partial charge in [0.05, 0.1) is 5.69 Å². The van der Waals surface area contributed by atoms with Gasteiger partial charge >= 0.3 is 0 Å². The predicted molar refractivity (Wildman–Crippen MR) is 78.4 cm³/mol. The minimum Gasteiger partial charge on any atom is -0.370 e. The molecule has 0 radical (unpaired) electrons. The van der Waals surface area contributed by atoms with Crippen LogP contribution >= 0.6 is 11.3 Å². The molecule has 3 nitrogen and oxygen atoms in total. The van der Waals surface area contributed by atoms with Gasteiger partial charge in [-0.2, -0.15) is 0 Å². The number of rotatable bonds is 4. The Morgan fingerprint density at radius 1 is 1.22 bits per heavy atom. The smallest absolute Gasteiger partial charge is 0.133 e. The van der Waals surface area contributed by atoms with E-state index in [4.69, 9.17) is 4.98 Å². The zero-order chi connectivity index (χ0) is 13.1. The van der Waals surface area contributed by atoms with E-state index in [2.05, 4.69) is 49.4 Å². The minimum absolute atomic E-state index is 0.856. The molecule has 4 heteroatoms. The standard InChI is InChI=1S/C14H19N3S/c1-5-12-16-13(11-7-8-18-10(11)4)9(3)14(17-12)15-6-2/h7-8H,5-6H2,1-4H3,(H,15,16,17). The van der Waals surface area contributed by atoms with Crippen LogP contribution in [0.5, 0.6) is 0 Å². The molecular weight excluding hydrogens is 242 g/mol. The lowest BCUT2D eigenvalue weighted by molar-refractivity contribution is 0.930. The molecule has 2 aromatic heterocycles. The monoisotopic (exact) mass is 261 g/mol. The van der Waals surface area contributed by atoms with Crippen molar-refractivity contribution >= 4 is 17.2 Å². The molecule has 0 bridgehead atoms. The largest absolute Gasteiger partial charge is 0.370 e. The molecule has 0 amide bonds. The number of anilines is 1. The number of aryl methyl sites for hydroxylation is 2. The molecule has 1 N–H and O–H groups in total. The second-order valence-corrected chi connectivity index (χ2v) is 5.36. The fourth-order valence-corrected chi connectivity index (χ4v) is 2.65. The van der Waals surface area contributed by atoms with Crippen molar-refractivity contribution in [2.75, 3.05) is 11.9 Å². The lowest BCUT2D eigenvalue weighted by atomic mass is 10.1. The predicted octanol–water partition coefficient (Wildman–Crippen LogP) is 3.82. The van der Waals surface area contributed by atoms with Crippen LogP contribution in [0.25, 0.3) is 11.3 Å². The van der Waals surface area contributed by atoms with Gasteiger partial charge in [0.15, 0.2) is 0 Å². The highest BCUT2D eigenvalue weighted by Crippen LogP contribution is 2.31. The minimum atomic E-state index is 0.856. The Kier molecular flexibility index (Phi) is 3.97. The molecule has 0 saturated heterocycles. The molecule has 0 aliphatic rings. The molecule has 0 saturated carbocycles. The highest BCUT2D eigenvalue weighted by molar-refractivity contribution is 7.10. The van der Waals surface area contributed by atoms with E-state index in [1.165, 1.54) is 10.4 Å². The van der Waals surface area contributed by atoms with Crippen LogP contribution < -0.4 is 5.32 Å². The summed E-state index contributed by atoms with van der Waals surface area (Å²) in [7, 11) is 0. The van der Waals surface area contributed by atoms with Crippen molar-refractivity contribution in [1.29, 1.82) is 0 Å². The van der Waals surface area contributed by atoms with Crippen molar-refractivity contribution < 1.29 is 0 Å². The highest BCUT2D eigenvalue weighted by atomic mass is 32.1. The first-order valence-corrected chi connectivity index (χ1v) is 7.21. The molecule has 18 heavy (non-hydrogen) atoms. The van der Waals surface area contributed by atoms with Crippen molar-refractivity contribution in [1.82, 2.24) is 9.97 Å². The van der Waals surface area contributed by atoms with Crippen LogP contribution in [0.15, 0.2) is 11.4 Å². The number of hydrogen-bond donors (Lipinski definition) is 1. The summed E-state index contributed by atoms with van der Waals surface area (Å²) in [5.41, 5.74) is 3.43. The zero-order valence-corrected chi connectivity index (χ0v) is 12.2. The number of nitrogens with zero attached hydrogens (tertiary/aromatic N) is 2. The number of hydrogen-bond acceptors (Lipinski definition) is 4. The van der Waals surface area contributed by atoms with Crippen molar-refractivity contribution in [3.63, 3.8) is 0 Å². The number of nitrogens with one attached hydrogen (secondary N) is 1. The van der Waals surface area contributed by atoms with Crippen LogP contribution in [0.3, 0.4) is 0 Å². The first-order chi connectivity index (χ1) is 8.67. The molecule has 0 fully saturated rings. The molecule has 0 atom stereocenters. The number of thiophene rings is 1. The van der Waals surface area contributed by atoms with Gasteiger partial charge in [-0.3, -0.25) is 0 Å². The summed E-state index contributed by atoms with van der Waals surface area (Å²) in [4.78, 5) is 10.6. The third kappa shape index (κ3) is 2.38. The van der Waals surface area contributed by atoms with Crippen LogP contribution in [-0.4, -0.2) is 16.5 Å². The van der Waals surface area contributed by atoms with Gasteiger partial charge < -0.3 is 5.32 Å². The summed E-state index contributed by atoms with van der Waals surface area (Å²) in [6.45, 7) is 9.28. The molecule has 0 spiro atoms. The first-order valence-electron chi connectivity index (χ1n) is 6.33. The maximum Gasteiger partial charge on any atom is 0.133 e. The normalized spacial score (nSPS) is 10.7. The van der Waals surface area contributed by atoms with Crippen LogP contribution in [-0.2, 0) is 6.42 Å². The summed E-state index contributed by atoms with van der Waals surface area (Å²) < 4.78 is 0. The van der Waals surface area contributed by atoms with Gasteiger partial charge in [0.25, 0.3) is 0 Å². The first kappa shape index (κ1) is 13.0. The Morgan fingerprint density at radius 3 is 2.56 bits per heavy atom. The van der Waals surface area contributed by atoms with Crippen molar-refractivity contribution in [3.8, 4) is 11.3 Å². The second kappa shape index (κ2) is 5.48. The average molecular weight is 261 g/mol. The van der Waals surface area contributed by atoms with Crippen molar-refractivity contribution in [2.45, 2.75) is 34.1 Å².